The largest absolute Gasteiger partial charge is 0.495 e. The Morgan fingerprint density at radius 3 is 2.25 bits per heavy atom. The summed E-state index contributed by atoms with van der Waals surface area (Å²) in [6, 6.07) is 7.14. The summed E-state index contributed by atoms with van der Waals surface area (Å²) in [5.41, 5.74) is 2.50. The van der Waals surface area contributed by atoms with Crippen LogP contribution in [-0.2, 0) is 0 Å². The summed E-state index contributed by atoms with van der Waals surface area (Å²) in [7, 11) is 1.77. The highest BCUT2D eigenvalue weighted by Crippen LogP contribution is 2.54. The maximum absolute atomic E-state index is 5.53. The van der Waals surface area contributed by atoms with Crippen LogP contribution in [0.2, 0.25) is 0 Å². The van der Waals surface area contributed by atoms with Gasteiger partial charge >= 0.3 is 0 Å². The van der Waals surface area contributed by atoms with Crippen molar-refractivity contribution in [2.45, 2.75) is 45.1 Å². The first-order valence-electron chi connectivity index (χ1n) is 8.14. The van der Waals surface area contributed by atoms with Crippen LogP contribution in [0.3, 0.4) is 0 Å². The third kappa shape index (κ3) is 2.01. The van der Waals surface area contributed by atoms with Crippen molar-refractivity contribution < 1.29 is 4.74 Å². The molecular formula is C18H25NO. The van der Waals surface area contributed by atoms with Gasteiger partial charge in [0.1, 0.15) is 5.75 Å². The zero-order chi connectivity index (χ0) is 13.7. The van der Waals surface area contributed by atoms with Crippen LogP contribution in [0.15, 0.2) is 18.2 Å². The summed E-state index contributed by atoms with van der Waals surface area (Å²) in [6.07, 6.45) is 7.35. The van der Waals surface area contributed by atoms with E-state index in [4.69, 9.17) is 4.74 Å². The van der Waals surface area contributed by atoms with Crippen LogP contribution >= 0.6 is 0 Å². The van der Waals surface area contributed by atoms with Gasteiger partial charge in [0.05, 0.1) is 12.8 Å². The molecule has 4 aliphatic rings. The van der Waals surface area contributed by atoms with Crippen LogP contribution in [0.4, 0.5) is 5.69 Å². The van der Waals surface area contributed by atoms with Gasteiger partial charge in [0.2, 0.25) is 0 Å². The highest BCUT2D eigenvalue weighted by Gasteiger charge is 2.48. The Labute approximate surface area is 121 Å². The number of anilines is 1. The molecule has 0 radical (unpaired) electrons. The Morgan fingerprint density at radius 1 is 1.00 bits per heavy atom. The average molecular weight is 271 g/mol. The fourth-order valence-corrected chi connectivity index (χ4v) is 5.28. The number of ether oxygens (including phenoxy) is 1. The molecule has 5 rings (SSSR count). The summed E-state index contributed by atoms with van der Waals surface area (Å²) in [4.78, 5) is 0. The Morgan fingerprint density at radius 2 is 1.65 bits per heavy atom. The van der Waals surface area contributed by atoms with Crippen molar-refractivity contribution in [1.29, 1.82) is 0 Å². The number of benzene rings is 1. The van der Waals surface area contributed by atoms with Gasteiger partial charge in [0.25, 0.3) is 0 Å². The Hall–Kier alpha value is -1.18. The third-order valence-electron chi connectivity index (χ3n) is 5.90. The van der Waals surface area contributed by atoms with E-state index in [1.54, 1.807) is 7.11 Å². The molecule has 0 unspecified atom stereocenters. The molecule has 0 spiro atoms. The van der Waals surface area contributed by atoms with Crippen molar-refractivity contribution in [3.63, 3.8) is 0 Å². The van der Waals surface area contributed by atoms with E-state index >= 15 is 0 Å². The third-order valence-corrected chi connectivity index (χ3v) is 5.90. The molecule has 0 heterocycles. The van der Waals surface area contributed by atoms with Crippen LogP contribution in [-0.4, -0.2) is 13.2 Å². The smallest absolute Gasteiger partial charge is 0.141 e. The lowest BCUT2D eigenvalue weighted by Crippen LogP contribution is -2.51. The van der Waals surface area contributed by atoms with Crippen molar-refractivity contribution in [3.8, 4) is 5.75 Å². The predicted octanol–water partition coefficient (Wildman–Crippen LogP) is 4.24. The second-order valence-corrected chi connectivity index (χ2v) is 7.30. The van der Waals surface area contributed by atoms with E-state index in [-0.39, 0.29) is 0 Å². The molecule has 0 atom stereocenters. The molecule has 20 heavy (non-hydrogen) atoms. The quantitative estimate of drug-likeness (QED) is 0.888. The molecule has 2 heteroatoms. The number of rotatable bonds is 3. The van der Waals surface area contributed by atoms with Crippen LogP contribution < -0.4 is 10.1 Å². The van der Waals surface area contributed by atoms with Gasteiger partial charge in [-0.3, -0.25) is 0 Å². The number of hydrogen-bond acceptors (Lipinski definition) is 2. The topological polar surface area (TPSA) is 21.3 Å². The molecule has 0 aliphatic heterocycles. The Kier molecular flexibility index (Phi) is 2.94. The lowest BCUT2D eigenvalue weighted by atomic mass is 9.54. The van der Waals surface area contributed by atoms with Crippen molar-refractivity contribution in [2.24, 2.45) is 23.7 Å². The number of nitrogens with one attached hydrogen (secondary N) is 1. The SMILES string of the molecule is COc1ccc(C)cc1NC1C2CC3CC(C2)CC1C3. The summed E-state index contributed by atoms with van der Waals surface area (Å²) in [5.74, 6) is 4.86. The fourth-order valence-electron chi connectivity index (χ4n) is 5.28. The van der Waals surface area contributed by atoms with Gasteiger partial charge in [0.15, 0.2) is 0 Å². The maximum atomic E-state index is 5.53. The number of aryl methyl sites for hydroxylation is 1. The molecule has 1 aromatic rings. The zero-order valence-electron chi connectivity index (χ0n) is 12.6. The molecule has 4 fully saturated rings. The normalized spacial score (nSPS) is 38.0. The van der Waals surface area contributed by atoms with Gasteiger partial charge in [-0.1, -0.05) is 6.07 Å². The molecule has 1 N–H and O–H groups in total. The molecule has 4 saturated carbocycles. The standard InChI is InChI=1S/C18H25NO/c1-11-3-4-17(20-2)16(5-11)19-18-14-7-12-6-13(9-14)10-15(18)8-12/h3-5,12-15,18-19H,6-10H2,1-2H3. The monoisotopic (exact) mass is 271 g/mol. The molecule has 4 aliphatic carbocycles. The summed E-state index contributed by atoms with van der Waals surface area (Å²) in [5, 5.41) is 3.86. The van der Waals surface area contributed by atoms with Crippen LogP contribution in [0.25, 0.3) is 0 Å². The van der Waals surface area contributed by atoms with Crippen molar-refractivity contribution in [3.05, 3.63) is 23.8 Å². The molecule has 108 valence electrons. The van der Waals surface area contributed by atoms with E-state index in [0.717, 1.165) is 29.4 Å². The van der Waals surface area contributed by atoms with Gasteiger partial charge in [-0.25, -0.2) is 0 Å². The van der Waals surface area contributed by atoms with E-state index in [2.05, 4.69) is 30.4 Å². The zero-order valence-corrected chi connectivity index (χ0v) is 12.6. The molecule has 4 bridgehead atoms. The minimum Gasteiger partial charge on any atom is -0.495 e. The van der Waals surface area contributed by atoms with Crippen molar-refractivity contribution in [2.75, 3.05) is 12.4 Å². The second-order valence-electron chi connectivity index (χ2n) is 7.30. The summed E-state index contributed by atoms with van der Waals surface area (Å²) < 4.78 is 5.53. The highest BCUT2D eigenvalue weighted by molar-refractivity contribution is 5.58. The first kappa shape index (κ1) is 12.6. The first-order chi connectivity index (χ1) is 9.72. The molecule has 0 saturated heterocycles. The van der Waals surface area contributed by atoms with Gasteiger partial charge in [-0.05, 0) is 80.4 Å². The average Bonchev–Trinajstić information content (AvgIpc) is 2.42. The van der Waals surface area contributed by atoms with Crippen LogP contribution in [0, 0.1) is 30.6 Å². The molecule has 0 aromatic heterocycles. The number of hydrogen-bond donors (Lipinski definition) is 1. The molecule has 2 nitrogen and oxygen atoms in total. The molecule has 1 aromatic carbocycles. The Balaban J connectivity index is 1.58. The minimum atomic E-state index is 0.679. The van der Waals surface area contributed by atoms with Crippen LogP contribution in [0.1, 0.15) is 37.7 Å². The first-order valence-corrected chi connectivity index (χ1v) is 8.14. The highest BCUT2D eigenvalue weighted by atomic mass is 16.5. The summed E-state index contributed by atoms with van der Waals surface area (Å²) >= 11 is 0. The van der Waals surface area contributed by atoms with Gasteiger partial charge < -0.3 is 10.1 Å². The lowest BCUT2D eigenvalue weighted by molar-refractivity contribution is 0.00748. The maximum Gasteiger partial charge on any atom is 0.141 e. The van der Waals surface area contributed by atoms with Gasteiger partial charge in [-0.15, -0.1) is 0 Å². The van der Waals surface area contributed by atoms with Crippen molar-refractivity contribution in [1.82, 2.24) is 0 Å². The fraction of sp³-hybridized carbons (Fsp3) is 0.667. The predicted molar refractivity (Wildman–Crippen MR) is 82.2 cm³/mol. The van der Waals surface area contributed by atoms with Crippen LogP contribution in [0.5, 0.6) is 5.75 Å². The van der Waals surface area contributed by atoms with E-state index in [1.165, 1.54) is 43.4 Å². The Bertz CT molecular complexity index is 482. The molecule has 0 amide bonds. The lowest BCUT2D eigenvalue weighted by Gasteiger charge is -2.54. The van der Waals surface area contributed by atoms with E-state index in [0.29, 0.717) is 6.04 Å². The minimum absolute atomic E-state index is 0.679. The van der Waals surface area contributed by atoms with Crippen molar-refractivity contribution >= 4 is 5.69 Å². The van der Waals surface area contributed by atoms with E-state index < -0.39 is 0 Å². The summed E-state index contributed by atoms with van der Waals surface area (Å²) in [6.45, 7) is 2.15. The molecular weight excluding hydrogens is 246 g/mol. The second kappa shape index (κ2) is 4.68. The van der Waals surface area contributed by atoms with E-state index in [9.17, 15) is 0 Å². The number of methoxy groups -OCH3 is 1. The van der Waals surface area contributed by atoms with E-state index in [1.807, 2.05) is 0 Å². The van der Waals surface area contributed by atoms with Gasteiger partial charge in [-0.2, -0.15) is 0 Å². The van der Waals surface area contributed by atoms with Gasteiger partial charge in [0, 0.05) is 6.04 Å².